The first-order valence-electron chi connectivity index (χ1n) is 8.70. The van der Waals surface area contributed by atoms with E-state index in [9.17, 15) is 9.59 Å². The highest BCUT2D eigenvalue weighted by Crippen LogP contribution is 2.24. The topological polar surface area (TPSA) is 67.2 Å². The van der Waals surface area contributed by atoms with E-state index in [-0.39, 0.29) is 17.7 Å². The lowest BCUT2D eigenvalue weighted by atomic mass is 9.95. The third-order valence-electron chi connectivity index (χ3n) is 4.76. The summed E-state index contributed by atoms with van der Waals surface area (Å²) in [6.45, 7) is 3.30. The highest BCUT2D eigenvalue weighted by molar-refractivity contribution is 6.31. The van der Waals surface area contributed by atoms with Crippen LogP contribution in [0.4, 0.5) is 5.95 Å². The first-order valence-corrected chi connectivity index (χ1v) is 9.08. The number of aromatic nitrogens is 2. The molecule has 0 bridgehead atoms. The number of imidazole rings is 1. The standard InChI is InChI=1S/C18H23ClN4O2/c1-3-4-16(24)23-9-7-12(8-10-23)17(25)21-18-20-14-11-13(19)5-6-15(14)22(18)2/h5-6,11-12H,3-4,7-10H2,1-2H3,(H,20,21,25). The normalized spacial score (nSPS) is 15.6. The average molecular weight is 363 g/mol. The second-order valence-electron chi connectivity index (χ2n) is 6.52. The number of amides is 2. The zero-order chi connectivity index (χ0) is 18.0. The molecule has 1 fully saturated rings. The number of benzene rings is 1. The molecule has 25 heavy (non-hydrogen) atoms. The van der Waals surface area contributed by atoms with Crippen LogP contribution in [0.3, 0.4) is 0 Å². The van der Waals surface area contributed by atoms with E-state index in [1.165, 1.54) is 0 Å². The van der Waals surface area contributed by atoms with Gasteiger partial charge in [-0.3, -0.25) is 14.9 Å². The fraction of sp³-hybridized carbons (Fsp3) is 0.500. The Bertz CT molecular complexity index is 794. The van der Waals surface area contributed by atoms with Gasteiger partial charge in [-0.05, 0) is 37.5 Å². The Kier molecular flexibility index (Phi) is 5.27. The van der Waals surface area contributed by atoms with Crippen LogP contribution in [0.25, 0.3) is 11.0 Å². The number of piperidine rings is 1. The molecule has 2 amide bonds. The molecule has 1 aliphatic heterocycles. The number of nitrogens with zero attached hydrogens (tertiary/aromatic N) is 3. The number of hydrogen-bond acceptors (Lipinski definition) is 3. The lowest BCUT2D eigenvalue weighted by molar-refractivity contribution is -0.134. The number of fused-ring (bicyclic) bond motifs is 1. The molecule has 0 saturated carbocycles. The quantitative estimate of drug-likeness (QED) is 0.908. The summed E-state index contributed by atoms with van der Waals surface area (Å²) in [5.41, 5.74) is 1.67. The van der Waals surface area contributed by atoms with Crippen LogP contribution in [-0.2, 0) is 16.6 Å². The van der Waals surface area contributed by atoms with Gasteiger partial charge in [0.2, 0.25) is 17.8 Å². The second-order valence-corrected chi connectivity index (χ2v) is 6.96. The number of aryl methyl sites for hydroxylation is 1. The number of halogens is 1. The first-order chi connectivity index (χ1) is 12.0. The van der Waals surface area contributed by atoms with Gasteiger partial charge in [-0.2, -0.15) is 0 Å². The van der Waals surface area contributed by atoms with E-state index in [4.69, 9.17) is 11.6 Å². The van der Waals surface area contributed by atoms with Crippen LogP contribution in [0, 0.1) is 5.92 Å². The summed E-state index contributed by atoms with van der Waals surface area (Å²) in [5, 5.41) is 3.54. The van der Waals surface area contributed by atoms with Crippen LogP contribution in [0.15, 0.2) is 18.2 Å². The summed E-state index contributed by atoms with van der Waals surface area (Å²) >= 11 is 6.00. The number of nitrogens with one attached hydrogen (secondary N) is 1. The number of carbonyl (C=O) groups is 2. The predicted molar refractivity (Wildman–Crippen MR) is 98.6 cm³/mol. The maximum absolute atomic E-state index is 12.6. The number of carbonyl (C=O) groups excluding carboxylic acids is 2. The van der Waals surface area contributed by atoms with Crippen LogP contribution in [0.1, 0.15) is 32.6 Å². The second kappa shape index (κ2) is 7.44. The van der Waals surface area contributed by atoms with Gasteiger partial charge in [-0.15, -0.1) is 0 Å². The minimum absolute atomic E-state index is 0.0351. The largest absolute Gasteiger partial charge is 0.343 e. The van der Waals surface area contributed by atoms with Crippen molar-refractivity contribution in [3.63, 3.8) is 0 Å². The zero-order valence-corrected chi connectivity index (χ0v) is 15.3. The van der Waals surface area contributed by atoms with Gasteiger partial charge in [0, 0.05) is 37.5 Å². The Morgan fingerprint density at radius 2 is 2.04 bits per heavy atom. The highest BCUT2D eigenvalue weighted by atomic mass is 35.5. The van der Waals surface area contributed by atoms with Crippen molar-refractivity contribution >= 4 is 40.4 Å². The van der Waals surface area contributed by atoms with E-state index in [0.29, 0.717) is 43.3 Å². The number of rotatable bonds is 4. The molecule has 1 aromatic heterocycles. The van der Waals surface area contributed by atoms with Gasteiger partial charge in [0.25, 0.3) is 0 Å². The van der Waals surface area contributed by atoms with Gasteiger partial charge in [0.1, 0.15) is 0 Å². The monoisotopic (exact) mass is 362 g/mol. The van der Waals surface area contributed by atoms with Crippen LogP contribution >= 0.6 is 11.6 Å². The van der Waals surface area contributed by atoms with Crippen molar-refractivity contribution in [2.24, 2.45) is 13.0 Å². The Hall–Kier alpha value is -2.08. The molecule has 0 radical (unpaired) electrons. The van der Waals surface area contributed by atoms with E-state index in [1.54, 1.807) is 12.1 Å². The molecule has 0 spiro atoms. The van der Waals surface area contributed by atoms with Crippen molar-refractivity contribution < 1.29 is 9.59 Å². The van der Waals surface area contributed by atoms with Crippen molar-refractivity contribution in [1.29, 1.82) is 0 Å². The first kappa shape index (κ1) is 17.7. The van der Waals surface area contributed by atoms with Gasteiger partial charge in [0.15, 0.2) is 0 Å². The zero-order valence-electron chi connectivity index (χ0n) is 14.6. The molecule has 3 rings (SSSR count). The van der Waals surface area contributed by atoms with Crippen LogP contribution in [0.5, 0.6) is 0 Å². The van der Waals surface area contributed by atoms with Crippen LogP contribution in [-0.4, -0.2) is 39.4 Å². The fourth-order valence-corrected chi connectivity index (χ4v) is 3.43. The van der Waals surface area contributed by atoms with Crippen molar-refractivity contribution in [2.45, 2.75) is 32.6 Å². The molecule has 1 aliphatic rings. The third kappa shape index (κ3) is 3.79. The molecule has 7 heteroatoms. The molecule has 1 aromatic carbocycles. The molecule has 2 aromatic rings. The van der Waals surface area contributed by atoms with Gasteiger partial charge in [-0.1, -0.05) is 18.5 Å². The molecule has 0 aliphatic carbocycles. The Balaban J connectivity index is 1.64. The number of likely N-dealkylation sites (tertiary alicyclic amines) is 1. The maximum Gasteiger partial charge on any atom is 0.229 e. The summed E-state index contributed by atoms with van der Waals surface area (Å²) in [6, 6.07) is 5.47. The van der Waals surface area contributed by atoms with Crippen molar-refractivity contribution in [3.05, 3.63) is 23.2 Å². The minimum Gasteiger partial charge on any atom is -0.343 e. The Morgan fingerprint density at radius 3 is 2.72 bits per heavy atom. The van der Waals surface area contributed by atoms with Crippen LogP contribution in [0.2, 0.25) is 5.02 Å². The molecular weight excluding hydrogens is 340 g/mol. The molecule has 1 N–H and O–H groups in total. The number of anilines is 1. The summed E-state index contributed by atoms with van der Waals surface area (Å²) in [4.78, 5) is 30.8. The summed E-state index contributed by atoms with van der Waals surface area (Å²) in [6.07, 6.45) is 2.82. The lowest BCUT2D eigenvalue weighted by Crippen LogP contribution is -2.41. The fourth-order valence-electron chi connectivity index (χ4n) is 3.26. The average Bonchev–Trinajstić information content (AvgIpc) is 2.90. The molecule has 134 valence electrons. The summed E-state index contributed by atoms with van der Waals surface area (Å²) < 4.78 is 1.85. The van der Waals surface area contributed by atoms with Crippen LogP contribution < -0.4 is 5.32 Å². The maximum atomic E-state index is 12.6. The summed E-state index contributed by atoms with van der Waals surface area (Å²) in [5.74, 6) is 0.585. The smallest absolute Gasteiger partial charge is 0.229 e. The molecule has 0 atom stereocenters. The minimum atomic E-state index is -0.0888. The molecule has 6 nitrogen and oxygen atoms in total. The third-order valence-corrected chi connectivity index (χ3v) is 5.00. The Labute approximate surface area is 152 Å². The predicted octanol–water partition coefficient (Wildman–Crippen LogP) is 3.20. The van der Waals surface area contributed by atoms with E-state index in [2.05, 4.69) is 10.3 Å². The molecule has 2 heterocycles. The van der Waals surface area contributed by atoms with Crippen molar-refractivity contribution in [2.75, 3.05) is 18.4 Å². The SMILES string of the molecule is CCCC(=O)N1CCC(C(=O)Nc2nc3cc(Cl)ccc3n2C)CC1. The van der Waals surface area contributed by atoms with Gasteiger partial charge in [0.05, 0.1) is 11.0 Å². The van der Waals surface area contributed by atoms with Crippen molar-refractivity contribution in [1.82, 2.24) is 14.5 Å². The van der Waals surface area contributed by atoms with Gasteiger partial charge < -0.3 is 9.47 Å². The van der Waals surface area contributed by atoms with E-state index in [1.807, 2.05) is 29.5 Å². The highest BCUT2D eigenvalue weighted by Gasteiger charge is 2.27. The van der Waals surface area contributed by atoms with E-state index < -0.39 is 0 Å². The number of hydrogen-bond donors (Lipinski definition) is 1. The molecule has 1 saturated heterocycles. The molecular formula is C18H23ClN4O2. The lowest BCUT2D eigenvalue weighted by Gasteiger charge is -2.31. The van der Waals surface area contributed by atoms with E-state index >= 15 is 0 Å². The van der Waals surface area contributed by atoms with Gasteiger partial charge in [-0.25, -0.2) is 4.98 Å². The van der Waals surface area contributed by atoms with E-state index in [0.717, 1.165) is 17.5 Å². The molecule has 0 unspecified atom stereocenters. The van der Waals surface area contributed by atoms with Crippen molar-refractivity contribution in [3.8, 4) is 0 Å². The van der Waals surface area contributed by atoms with Gasteiger partial charge >= 0.3 is 0 Å². The Morgan fingerprint density at radius 1 is 1.32 bits per heavy atom. The summed E-state index contributed by atoms with van der Waals surface area (Å²) in [7, 11) is 1.87.